The second-order valence-electron chi connectivity index (χ2n) is 5.07. The quantitative estimate of drug-likeness (QED) is 0.753. The van der Waals surface area contributed by atoms with Crippen LogP contribution in [-0.2, 0) is 4.79 Å². The molecule has 0 fully saturated rings. The first kappa shape index (κ1) is 16.5. The molecule has 0 spiro atoms. The van der Waals surface area contributed by atoms with Gasteiger partial charge < -0.3 is 14.2 Å². The molecule has 9 nitrogen and oxygen atoms in total. The van der Waals surface area contributed by atoms with Crippen molar-refractivity contribution in [3.8, 4) is 28.5 Å². The number of hydrogen-bond acceptors (Lipinski definition) is 7. The predicted octanol–water partition coefficient (Wildman–Crippen LogP) is 1.78. The first-order chi connectivity index (χ1) is 12.1. The predicted molar refractivity (Wildman–Crippen MR) is 90.2 cm³/mol. The van der Waals surface area contributed by atoms with E-state index in [1.165, 1.54) is 11.4 Å². The van der Waals surface area contributed by atoms with Crippen molar-refractivity contribution in [1.82, 2.24) is 19.6 Å². The van der Waals surface area contributed by atoms with Crippen molar-refractivity contribution >= 4 is 17.6 Å². The molecule has 1 N–H and O–H groups in total. The van der Waals surface area contributed by atoms with Gasteiger partial charge in [-0.15, -0.1) is 5.10 Å². The number of aromatic nitrogens is 4. The minimum Gasteiger partial charge on any atom is -0.493 e. The van der Waals surface area contributed by atoms with Crippen LogP contribution in [0.2, 0.25) is 0 Å². The van der Waals surface area contributed by atoms with E-state index in [1.54, 1.807) is 45.7 Å². The molecule has 0 bridgehead atoms. The van der Waals surface area contributed by atoms with E-state index in [2.05, 4.69) is 20.4 Å². The van der Waals surface area contributed by atoms with Gasteiger partial charge in [-0.3, -0.25) is 10.1 Å². The largest absolute Gasteiger partial charge is 0.493 e. The Hall–Kier alpha value is -3.36. The van der Waals surface area contributed by atoms with Crippen LogP contribution in [0, 0.1) is 0 Å². The maximum atomic E-state index is 11.2. The SMILES string of the molecule is COc1cc(-c2ccnc3nc(NC(C)=O)nn23)cc(OC)c1OC. The molecule has 0 unspecified atom stereocenters. The third kappa shape index (κ3) is 3.03. The van der Waals surface area contributed by atoms with Crippen LogP contribution in [0.5, 0.6) is 17.2 Å². The molecule has 0 radical (unpaired) electrons. The number of benzene rings is 1. The number of hydrogen-bond donors (Lipinski definition) is 1. The number of nitrogens with zero attached hydrogens (tertiary/aromatic N) is 4. The lowest BCUT2D eigenvalue weighted by Crippen LogP contribution is -2.07. The van der Waals surface area contributed by atoms with Gasteiger partial charge in [-0.1, -0.05) is 0 Å². The number of ether oxygens (including phenoxy) is 3. The highest BCUT2D eigenvalue weighted by molar-refractivity contribution is 5.86. The minimum absolute atomic E-state index is 0.180. The normalized spacial score (nSPS) is 10.6. The van der Waals surface area contributed by atoms with Crippen LogP contribution < -0.4 is 19.5 Å². The lowest BCUT2D eigenvalue weighted by molar-refractivity contribution is -0.114. The van der Waals surface area contributed by atoms with Gasteiger partial charge in [0.1, 0.15) is 0 Å². The molecule has 1 aromatic carbocycles. The number of carbonyl (C=O) groups is 1. The summed E-state index contributed by atoms with van der Waals surface area (Å²) in [4.78, 5) is 19.6. The molecule has 9 heteroatoms. The summed E-state index contributed by atoms with van der Waals surface area (Å²) in [7, 11) is 4.64. The Morgan fingerprint density at radius 1 is 1.12 bits per heavy atom. The second-order valence-corrected chi connectivity index (χ2v) is 5.07. The van der Waals surface area contributed by atoms with Gasteiger partial charge in [-0.25, -0.2) is 4.98 Å². The van der Waals surface area contributed by atoms with Crippen LogP contribution in [0.1, 0.15) is 6.92 Å². The Kier molecular flexibility index (Phi) is 4.38. The average molecular weight is 343 g/mol. The van der Waals surface area contributed by atoms with Gasteiger partial charge in [0.25, 0.3) is 11.7 Å². The van der Waals surface area contributed by atoms with Gasteiger partial charge >= 0.3 is 0 Å². The number of rotatable bonds is 5. The van der Waals surface area contributed by atoms with Crippen molar-refractivity contribution in [2.45, 2.75) is 6.92 Å². The van der Waals surface area contributed by atoms with Crippen LogP contribution in [0.3, 0.4) is 0 Å². The zero-order valence-electron chi connectivity index (χ0n) is 14.2. The van der Waals surface area contributed by atoms with E-state index >= 15 is 0 Å². The number of carbonyl (C=O) groups excluding carboxylic acids is 1. The van der Waals surface area contributed by atoms with Crippen molar-refractivity contribution in [3.63, 3.8) is 0 Å². The number of fused-ring (bicyclic) bond motifs is 1. The van der Waals surface area contributed by atoms with Gasteiger partial charge in [-0.05, 0) is 18.2 Å². The third-order valence-corrected chi connectivity index (χ3v) is 3.49. The zero-order valence-corrected chi connectivity index (χ0v) is 14.2. The van der Waals surface area contributed by atoms with E-state index in [0.717, 1.165) is 5.56 Å². The summed E-state index contributed by atoms with van der Waals surface area (Å²) in [5, 5.41) is 6.83. The molecule has 25 heavy (non-hydrogen) atoms. The Morgan fingerprint density at radius 3 is 2.36 bits per heavy atom. The van der Waals surface area contributed by atoms with Crippen molar-refractivity contribution in [3.05, 3.63) is 24.4 Å². The van der Waals surface area contributed by atoms with E-state index in [0.29, 0.717) is 28.7 Å². The summed E-state index contributed by atoms with van der Waals surface area (Å²) < 4.78 is 17.6. The van der Waals surface area contributed by atoms with E-state index in [9.17, 15) is 4.79 Å². The van der Waals surface area contributed by atoms with Crippen LogP contribution in [0.4, 0.5) is 5.95 Å². The van der Waals surface area contributed by atoms with Crippen molar-refractivity contribution in [2.75, 3.05) is 26.6 Å². The summed E-state index contributed by atoms with van der Waals surface area (Å²) in [5.74, 6) is 1.81. The molecule has 3 rings (SSSR count). The van der Waals surface area contributed by atoms with Crippen LogP contribution in [0.15, 0.2) is 24.4 Å². The third-order valence-electron chi connectivity index (χ3n) is 3.49. The fourth-order valence-corrected chi connectivity index (χ4v) is 2.45. The number of nitrogens with one attached hydrogen (secondary N) is 1. The van der Waals surface area contributed by atoms with Gasteiger partial charge in [0.05, 0.1) is 27.0 Å². The first-order valence-corrected chi connectivity index (χ1v) is 7.37. The highest BCUT2D eigenvalue weighted by atomic mass is 16.5. The van der Waals surface area contributed by atoms with E-state index < -0.39 is 0 Å². The topological polar surface area (TPSA) is 99.9 Å². The molecular weight excluding hydrogens is 326 g/mol. The maximum Gasteiger partial charge on any atom is 0.254 e. The summed E-state index contributed by atoms with van der Waals surface area (Å²) in [5.41, 5.74) is 1.47. The molecule has 0 aliphatic heterocycles. The Bertz CT molecular complexity index is 912. The molecule has 0 aliphatic carbocycles. The van der Waals surface area contributed by atoms with E-state index in [4.69, 9.17) is 14.2 Å². The van der Waals surface area contributed by atoms with Gasteiger partial charge in [0.15, 0.2) is 11.5 Å². The molecule has 3 aromatic rings. The fraction of sp³-hybridized carbons (Fsp3) is 0.250. The monoisotopic (exact) mass is 343 g/mol. The molecule has 0 saturated carbocycles. The first-order valence-electron chi connectivity index (χ1n) is 7.37. The van der Waals surface area contributed by atoms with Crippen molar-refractivity contribution < 1.29 is 19.0 Å². The Balaban J connectivity index is 2.19. The molecule has 1 amide bonds. The zero-order chi connectivity index (χ0) is 18.0. The molecule has 0 aliphatic rings. The van der Waals surface area contributed by atoms with Gasteiger partial charge in [0, 0.05) is 18.7 Å². The van der Waals surface area contributed by atoms with Crippen molar-refractivity contribution in [1.29, 1.82) is 0 Å². The van der Waals surface area contributed by atoms with Crippen LogP contribution in [0.25, 0.3) is 17.0 Å². The lowest BCUT2D eigenvalue weighted by atomic mass is 10.1. The molecule has 0 saturated heterocycles. The Labute approximate surface area is 143 Å². The number of amides is 1. The van der Waals surface area contributed by atoms with Crippen LogP contribution >= 0.6 is 0 Å². The number of anilines is 1. The van der Waals surface area contributed by atoms with Crippen molar-refractivity contribution in [2.24, 2.45) is 0 Å². The van der Waals surface area contributed by atoms with E-state index in [-0.39, 0.29) is 11.9 Å². The van der Waals surface area contributed by atoms with Crippen LogP contribution in [-0.4, -0.2) is 46.8 Å². The van der Waals surface area contributed by atoms with Gasteiger partial charge in [-0.2, -0.15) is 9.50 Å². The summed E-state index contributed by atoms with van der Waals surface area (Å²) in [6.07, 6.45) is 1.61. The van der Waals surface area contributed by atoms with Gasteiger partial charge in [0.2, 0.25) is 11.7 Å². The highest BCUT2D eigenvalue weighted by Gasteiger charge is 2.17. The van der Waals surface area contributed by atoms with E-state index in [1.807, 2.05) is 0 Å². The summed E-state index contributed by atoms with van der Waals surface area (Å²) >= 11 is 0. The summed E-state index contributed by atoms with van der Waals surface area (Å²) in [6, 6.07) is 5.38. The maximum absolute atomic E-state index is 11.2. The molecular formula is C16H17N5O4. The smallest absolute Gasteiger partial charge is 0.254 e. The number of methoxy groups -OCH3 is 3. The molecule has 130 valence electrons. The standard InChI is InChI=1S/C16H17N5O4/c1-9(22)18-15-19-16-17-6-5-11(21(16)20-15)10-7-12(23-2)14(25-4)13(8-10)24-3/h5-8H,1-4H3,(H,18,20,22). The fourth-order valence-electron chi connectivity index (χ4n) is 2.45. The minimum atomic E-state index is -0.259. The molecule has 2 aromatic heterocycles. The highest BCUT2D eigenvalue weighted by Crippen LogP contribution is 2.41. The molecule has 2 heterocycles. The molecule has 0 atom stereocenters. The Morgan fingerprint density at radius 2 is 1.80 bits per heavy atom. The lowest BCUT2D eigenvalue weighted by Gasteiger charge is -2.14. The summed E-state index contributed by atoms with van der Waals surface area (Å²) in [6.45, 7) is 1.39. The second kappa shape index (κ2) is 6.63. The average Bonchev–Trinajstić information content (AvgIpc) is 3.01.